The van der Waals surface area contributed by atoms with Gasteiger partial charge in [0.25, 0.3) is 5.91 Å². The van der Waals surface area contributed by atoms with Crippen molar-refractivity contribution in [2.24, 2.45) is 0 Å². The maximum Gasteiger partial charge on any atom is 0.254 e. The molecule has 23 heavy (non-hydrogen) atoms. The van der Waals surface area contributed by atoms with Gasteiger partial charge in [-0.15, -0.1) is 11.3 Å². The Labute approximate surface area is 141 Å². The fourth-order valence-electron chi connectivity index (χ4n) is 2.23. The van der Waals surface area contributed by atoms with E-state index < -0.39 is 0 Å². The predicted molar refractivity (Wildman–Crippen MR) is 93.6 cm³/mol. The molecule has 2 aromatic rings. The average molecular weight is 333 g/mol. The smallest absolute Gasteiger partial charge is 0.254 e. The third-order valence-electron chi connectivity index (χ3n) is 3.47. The van der Waals surface area contributed by atoms with Crippen LogP contribution in [0.5, 0.6) is 11.5 Å². The lowest BCUT2D eigenvalue weighted by atomic mass is 10.1. The van der Waals surface area contributed by atoms with E-state index in [1.165, 1.54) is 10.4 Å². The van der Waals surface area contributed by atoms with Crippen molar-refractivity contribution >= 4 is 17.2 Å². The maximum absolute atomic E-state index is 12.6. The molecular formula is C18H23NO3S. The van der Waals surface area contributed by atoms with E-state index in [4.69, 9.17) is 9.47 Å². The molecule has 0 aliphatic heterocycles. The zero-order valence-electron chi connectivity index (χ0n) is 14.3. The van der Waals surface area contributed by atoms with Gasteiger partial charge in [-0.2, -0.15) is 0 Å². The molecule has 0 N–H and O–H groups in total. The zero-order valence-corrected chi connectivity index (χ0v) is 15.1. The summed E-state index contributed by atoms with van der Waals surface area (Å²) >= 11 is 1.67. The van der Waals surface area contributed by atoms with Crippen LogP contribution in [0.1, 0.15) is 34.6 Å². The quantitative estimate of drug-likeness (QED) is 0.798. The van der Waals surface area contributed by atoms with Crippen LogP contribution < -0.4 is 9.47 Å². The van der Waals surface area contributed by atoms with Crippen molar-refractivity contribution in [1.82, 2.24) is 4.90 Å². The molecule has 0 spiro atoms. The number of carbonyl (C=O) groups excluding carboxylic acids is 1. The number of ether oxygens (including phenoxy) is 2. The van der Waals surface area contributed by atoms with Crippen molar-refractivity contribution in [2.45, 2.75) is 33.4 Å². The normalized spacial score (nSPS) is 10.7. The van der Waals surface area contributed by atoms with Crippen molar-refractivity contribution < 1.29 is 14.3 Å². The molecule has 1 heterocycles. The van der Waals surface area contributed by atoms with Gasteiger partial charge in [-0.3, -0.25) is 4.79 Å². The number of nitrogens with zero attached hydrogens (tertiary/aromatic N) is 1. The van der Waals surface area contributed by atoms with Gasteiger partial charge in [-0.05, 0) is 56.0 Å². The molecule has 124 valence electrons. The lowest BCUT2D eigenvalue weighted by Crippen LogP contribution is -2.26. The van der Waals surface area contributed by atoms with Crippen molar-refractivity contribution in [3.05, 3.63) is 45.6 Å². The SMILES string of the molecule is COc1cc(C(=O)N(C)Cc2sccc2C)ccc1OC(C)C. The summed E-state index contributed by atoms with van der Waals surface area (Å²) in [7, 11) is 3.39. The first kappa shape index (κ1) is 17.3. The first-order valence-corrected chi connectivity index (χ1v) is 8.43. The maximum atomic E-state index is 12.6. The summed E-state index contributed by atoms with van der Waals surface area (Å²) < 4.78 is 11.0. The molecule has 0 saturated heterocycles. The molecule has 0 radical (unpaired) electrons. The average Bonchev–Trinajstić information content (AvgIpc) is 2.91. The molecule has 2 rings (SSSR count). The summed E-state index contributed by atoms with van der Waals surface area (Å²) in [5, 5.41) is 2.05. The first-order chi connectivity index (χ1) is 10.9. The fourth-order valence-corrected chi connectivity index (χ4v) is 3.18. The predicted octanol–water partition coefficient (Wildman–Crippen LogP) is 4.12. The minimum Gasteiger partial charge on any atom is -0.493 e. The monoisotopic (exact) mass is 333 g/mol. The number of rotatable bonds is 6. The van der Waals surface area contributed by atoms with Gasteiger partial charge in [0.15, 0.2) is 11.5 Å². The summed E-state index contributed by atoms with van der Waals surface area (Å²) in [6.45, 7) is 6.57. The third-order valence-corrected chi connectivity index (χ3v) is 4.48. The molecule has 0 aliphatic rings. The molecule has 0 saturated carbocycles. The van der Waals surface area contributed by atoms with Crippen LogP contribution >= 0.6 is 11.3 Å². The van der Waals surface area contributed by atoms with E-state index in [9.17, 15) is 4.79 Å². The van der Waals surface area contributed by atoms with Gasteiger partial charge in [0.05, 0.1) is 19.8 Å². The Hall–Kier alpha value is -2.01. The van der Waals surface area contributed by atoms with Gasteiger partial charge in [0.2, 0.25) is 0 Å². The largest absolute Gasteiger partial charge is 0.493 e. The summed E-state index contributed by atoms with van der Waals surface area (Å²) in [5.74, 6) is 1.19. The van der Waals surface area contributed by atoms with Crippen LogP contribution in [0.25, 0.3) is 0 Å². The molecule has 0 aliphatic carbocycles. The summed E-state index contributed by atoms with van der Waals surface area (Å²) in [4.78, 5) is 15.5. The Morgan fingerprint density at radius 3 is 2.57 bits per heavy atom. The Balaban J connectivity index is 2.17. The van der Waals surface area contributed by atoms with E-state index in [0.29, 0.717) is 23.6 Å². The highest BCUT2D eigenvalue weighted by Gasteiger charge is 2.16. The van der Waals surface area contributed by atoms with E-state index in [0.717, 1.165) is 0 Å². The van der Waals surface area contributed by atoms with Crippen LogP contribution in [0.2, 0.25) is 0 Å². The van der Waals surface area contributed by atoms with E-state index in [-0.39, 0.29) is 12.0 Å². The Morgan fingerprint density at radius 2 is 2.00 bits per heavy atom. The van der Waals surface area contributed by atoms with Gasteiger partial charge < -0.3 is 14.4 Å². The van der Waals surface area contributed by atoms with Crippen molar-refractivity contribution in [2.75, 3.05) is 14.2 Å². The second kappa shape index (κ2) is 7.51. The van der Waals surface area contributed by atoms with Crippen LogP contribution in [0.3, 0.4) is 0 Å². The molecule has 0 bridgehead atoms. The third kappa shape index (κ3) is 4.26. The van der Waals surface area contributed by atoms with Gasteiger partial charge in [0, 0.05) is 17.5 Å². The lowest BCUT2D eigenvalue weighted by Gasteiger charge is -2.19. The number of methoxy groups -OCH3 is 1. The molecule has 4 nitrogen and oxygen atoms in total. The Bertz CT molecular complexity index is 679. The Kier molecular flexibility index (Phi) is 5.66. The van der Waals surface area contributed by atoms with Gasteiger partial charge in [-0.25, -0.2) is 0 Å². The van der Waals surface area contributed by atoms with Crippen molar-refractivity contribution in [3.63, 3.8) is 0 Å². The van der Waals surface area contributed by atoms with E-state index >= 15 is 0 Å². The number of aryl methyl sites for hydroxylation is 1. The molecule has 5 heteroatoms. The Morgan fingerprint density at radius 1 is 1.26 bits per heavy atom. The lowest BCUT2D eigenvalue weighted by molar-refractivity contribution is 0.0786. The number of benzene rings is 1. The standard InChI is InChI=1S/C18H23NO3S/c1-12(2)22-15-7-6-14(10-16(15)21-5)18(20)19(4)11-17-13(3)8-9-23-17/h6-10,12H,11H2,1-5H3. The number of thiophene rings is 1. The number of hydrogen-bond acceptors (Lipinski definition) is 4. The van der Waals surface area contributed by atoms with E-state index in [2.05, 4.69) is 13.0 Å². The topological polar surface area (TPSA) is 38.8 Å². The van der Waals surface area contributed by atoms with Gasteiger partial charge in [0.1, 0.15) is 0 Å². The van der Waals surface area contributed by atoms with Crippen LogP contribution in [-0.2, 0) is 6.54 Å². The van der Waals surface area contributed by atoms with Crippen LogP contribution in [0, 0.1) is 6.92 Å². The number of amides is 1. The van der Waals surface area contributed by atoms with Crippen molar-refractivity contribution in [1.29, 1.82) is 0 Å². The molecule has 1 aromatic heterocycles. The van der Waals surface area contributed by atoms with Crippen LogP contribution in [-0.4, -0.2) is 31.1 Å². The summed E-state index contributed by atoms with van der Waals surface area (Å²) in [6.07, 6.45) is 0.0509. The van der Waals surface area contributed by atoms with Crippen LogP contribution in [0.15, 0.2) is 29.6 Å². The second-order valence-corrected chi connectivity index (χ2v) is 6.72. The minimum absolute atomic E-state index is 0.0350. The molecule has 0 atom stereocenters. The molecular weight excluding hydrogens is 310 g/mol. The molecule has 0 unspecified atom stereocenters. The molecule has 1 amide bonds. The summed E-state index contributed by atoms with van der Waals surface area (Å²) in [5.41, 5.74) is 1.81. The van der Waals surface area contributed by atoms with Gasteiger partial charge >= 0.3 is 0 Å². The van der Waals surface area contributed by atoms with Crippen LogP contribution in [0.4, 0.5) is 0 Å². The number of hydrogen-bond donors (Lipinski definition) is 0. The summed E-state index contributed by atoms with van der Waals surface area (Å²) in [6, 6.07) is 7.37. The number of carbonyl (C=O) groups is 1. The van der Waals surface area contributed by atoms with Crippen molar-refractivity contribution in [3.8, 4) is 11.5 Å². The highest BCUT2D eigenvalue weighted by Crippen LogP contribution is 2.29. The highest BCUT2D eigenvalue weighted by atomic mass is 32.1. The van der Waals surface area contributed by atoms with E-state index in [1.54, 1.807) is 41.5 Å². The minimum atomic E-state index is -0.0350. The van der Waals surface area contributed by atoms with Gasteiger partial charge in [-0.1, -0.05) is 0 Å². The molecule has 1 aromatic carbocycles. The zero-order chi connectivity index (χ0) is 17.0. The van der Waals surface area contributed by atoms with E-state index in [1.807, 2.05) is 26.3 Å². The first-order valence-electron chi connectivity index (χ1n) is 7.55. The molecule has 0 fully saturated rings. The second-order valence-electron chi connectivity index (χ2n) is 5.72. The fraction of sp³-hybridized carbons (Fsp3) is 0.389. The highest BCUT2D eigenvalue weighted by molar-refractivity contribution is 7.10.